The highest BCUT2D eigenvalue weighted by Crippen LogP contribution is 2.32. The monoisotopic (exact) mass is 179 g/mol. The van der Waals surface area contributed by atoms with E-state index >= 15 is 0 Å². The van der Waals surface area contributed by atoms with Gasteiger partial charge in [-0.2, -0.15) is 0 Å². The molecule has 1 aliphatic heterocycles. The Kier molecular flexibility index (Phi) is 2.32. The fourth-order valence-corrected chi connectivity index (χ4v) is 1.31. The van der Waals surface area contributed by atoms with Crippen LogP contribution in [0.4, 0.5) is 8.78 Å². The van der Waals surface area contributed by atoms with Crippen LogP contribution in [-0.2, 0) is 4.79 Å². The van der Waals surface area contributed by atoms with Gasteiger partial charge in [0.2, 0.25) is 0 Å². The van der Waals surface area contributed by atoms with Gasteiger partial charge in [0, 0.05) is 19.5 Å². The quantitative estimate of drug-likeness (QED) is 0.642. The molecule has 12 heavy (non-hydrogen) atoms. The van der Waals surface area contributed by atoms with Gasteiger partial charge >= 0.3 is 5.97 Å². The molecule has 0 bridgehead atoms. The summed E-state index contributed by atoms with van der Waals surface area (Å²) in [6.45, 7) is 0.194. The van der Waals surface area contributed by atoms with Crippen molar-refractivity contribution in [1.82, 2.24) is 4.90 Å². The van der Waals surface area contributed by atoms with Crippen LogP contribution in [0.1, 0.15) is 6.42 Å². The predicted octanol–water partition coefficient (Wildman–Crippen LogP) is 0.658. The van der Waals surface area contributed by atoms with E-state index in [1.165, 1.54) is 0 Å². The van der Waals surface area contributed by atoms with Crippen molar-refractivity contribution in [2.24, 2.45) is 5.92 Å². The number of rotatable bonds is 1. The van der Waals surface area contributed by atoms with Crippen LogP contribution in [-0.4, -0.2) is 42.0 Å². The second-order valence-electron chi connectivity index (χ2n) is 3.16. The fourth-order valence-electron chi connectivity index (χ4n) is 1.31. The first-order valence-corrected chi connectivity index (χ1v) is 3.72. The first kappa shape index (κ1) is 9.38. The van der Waals surface area contributed by atoms with Gasteiger partial charge in [-0.05, 0) is 7.05 Å². The molecule has 1 aliphatic rings. The molecular formula is C7H11F2NO2. The molecule has 70 valence electrons. The van der Waals surface area contributed by atoms with Gasteiger partial charge in [-0.25, -0.2) is 8.78 Å². The van der Waals surface area contributed by atoms with Crippen molar-refractivity contribution in [1.29, 1.82) is 0 Å². The van der Waals surface area contributed by atoms with Crippen LogP contribution in [0.5, 0.6) is 0 Å². The summed E-state index contributed by atoms with van der Waals surface area (Å²) < 4.78 is 25.8. The number of likely N-dealkylation sites (tertiary alicyclic amines) is 1. The molecule has 3 nitrogen and oxygen atoms in total. The van der Waals surface area contributed by atoms with Crippen LogP contribution in [0.25, 0.3) is 0 Å². The highest BCUT2D eigenvalue weighted by atomic mass is 19.3. The number of hydrogen-bond acceptors (Lipinski definition) is 2. The van der Waals surface area contributed by atoms with Gasteiger partial charge in [-0.1, -0.05) is 0 Å². The summed E-state index contributed by atoms with van der Waals surface area (Å²) in [5.74, 6) is -6.00. The number of aliphatic carboxylic acids is 1. The molecule has 1 rings (SSSR count). The number of piperidine rings is 1. The fraction of sp³-hybridized carbons (Fsp3) is 0.857. The highest BCUT2D eigenvalue weighted by Gasteiger charge is 2.47. The Labute approximate surface area is 69.0 Å². The molecule has 0 spiro atoms. The Bertz CT molecular complexity index is 196. The minimum absolute atomic E-state index is 0.0671. The molecule has 1 unspecified atom stereocenters. The Hall–Kier alpha value is -0.710. The lowest BCUT2D eigenvalue weighted by Crippen LogP contribution is -2.48. The molecule has 0 aromatic heterocycles. The van der Waals surface area contributed by atoms with Crippen LogP contribution in [0, 0.1) is 5.92 Å². The molecule has 0 aromatic carbocycles. The van der Waals surface area contributed by atoms with E-state index in [4.69, 9.17) is 5.11 Å². The topological polar surface area (TPSA) is 40.5 Å². The van der Waals surface area contributed by atoms with E-state index in [9.17, 15) is 13.6 Å². The number of carboxylic acids is 1. The van der Waals surface area contributed by atoms with Crippen molar-refractivity contribution < 1.29 is 18.7 Å². The minimum Gasteiger partial charge on any atom is -0.481 e. The summed E-state index contributed by atoms with van der Waals surface area (Å²) in [7, 11) is 1.64. The molecule has 1 heterocycles. The number of hydrogen-bond donors (Lipinski definition) is 1. The summed E-state index contributed by atoms with van der Waals surface area (Å²) in [4.78, 5) is 12.0. The summed E-state index contributed by atoms with van der Waals surface area (Å²) >= 11 is 0. The predicted molar refractivity (Wildman–Crippen MR) is 38.2 cm³/mol. The third-order valence-corrected chi connectivity index (χ3v) is 2.13. The maximum atomic E-state index is 12.9. The number of carbonyl (C=O) groups is 1. The second-order valence-corrected chi connectivity index (χ2v) is 3.16. The van der Waals surface area contributed by atoms with Crippen LogP contribution < -0.4 is 0 Å². The van der Waals surface area contributed by atoms with E-state index < -0.39 is 17.8 Å². The van der Waals surface area contributed by atoms with Gasteiger partial charge in [-0.3, -0.25) is 4.79 Å². The van der Waals surface area contributed by atoms with Crippen LogP contribution in [0.2, 0.25) is 0 Å². The maximum Gasteiger partial charge on any atom is 0.313 e. The zero-order valence-electron chi connectivity index (χ0n) is 6.76. The van der Waals surface area contributed by atoms with E-state index in [0.717, 1.165) is 0 Å². The van der Waals surface area contributed by atoms with E-state index in [0.29, 0.717) is 0 Å². The highest BCUT2D eigenvalue weighted by molar-refractivity contribution is 5.71. The Morgan fingerprint density at radius 2 is 2.25 bits per heavy atom. The molecule has 0 aliphatic carbocycles. The molecule has 5 heteroatoms. The average molecular weight is 179 g/mol. The number of alkyl halides is 2. The minimum atomic E-state index is -3.04. The largest absolute Gasteiger partial charge is 0.481 e. The van der Waals surface area contributed by atoms with Gasteiger partial charge in [0.15, 0.2) is 0 Å². The molecule has 1 N–H and O–H groups in total. The van der Waals surface area contributed by atoms with Crippen LogP contribution in [0.3, 0.4) is 0 Å². The van der Waals surface area contributed by atoms with Crippen LogP contribution >= 0.6 is 0 Å². The zero-order valence-corrected chi connectivity index (χ0v) is 6.76. The van der Waals surface area contributed by atoms with Crippen molar-refractivity contribution in [2.45, 2.75) is 12.3 Å². The van der Waals surface area contributed by atoms with Crippen molar-refractivity contribution in [2.75, 3.05) is 20.1 Å². The van der Waals surface area contributed by atoms with Gasteiger partial charge in [0.25, 0.3) is 5.92 Å². The van der Waals surface area contributed by atoms with Gasteiger partial charge in [0.1, 0.15) is 5.92 Å². The molecule has 1 saturated heterocycles. The first-order valence-electron chi connectivity index (χ1n) is 3.72. The van der Waals surface area contributed by atoms with Crippen molar-refractivity contribution in [3.63, 3.8) is 0 Å². The second kappa shape index (κ2) is 2.97. The smallest absolute Gasteiger partial charge is 0.313 e. The lowest BCUT2D eigenvalue weighted by atomic mass is 9.94. The van der Waals surface area contributed by atoms with Gasteiger partial charge in [-0.15, -0.1) is 0 Å². The zero-order chi connectivity index (χ0) is 9.35. The normalized spacial score (nSPS) is 30.1. The van der Waals surface area contributed by atoms with Gasteiger partial charge < -0.3 is 10.0 Å². The van der Waals surface area contributed by atoms with E-state index in [-0.39, 0.29) is 19.5 Å². The van der Waals surface area contributed by atoms with E-state index in [1.54, 1.807) is 11.9 Å². The average Bonchev–Trinajstić information content (AvgIpc) is 1.94. The molecule has 0 radical (unpaired) electrons. The molecular weight excluding hydrogens is 168 g/mol. The first-order chi connectivity index (χ1) is 5.43. The van der Waals surface area contributed by atoms with E-state index in [2.05, 4.69) is 0 Å². The summed E-state index contributed by atoms with van der Waals surface area (Å²) in [6.07, 6.45) is -0.361. The lowest BCUT2D eigenvalue weighted by Gasteiger charge is -2.33. The van der Waals surface area contributed by atoms with Crippen molar-refractivity contribution >= 4 is 5.97 Å². The summed E-state index contributed by atoms with van der Waals surface area (Å²) in [5.41, 5.74) is 0. The Morgan fingerprint density at radius 1 is 1.67 bits per heavy atom. The SMILES string of the molecule is CN1CCC(F)(F)C(C(=O)O)C1. The summed E-state index contributed by atoms with van der Waals surface area (Å²) in [5, 5.41) is 8.48. The molecule has 0 aromatic rings. The molecule has 0 amide bonds. The number of halogens is 2. The van der Waals surface area contributed by atoms with Crippen molar-refractivity contribution in [3.05, 3.63) is 0 Å². The standard InChI is InChI=1S/C7H11F2NO2/c1-10-3-2-7(8,9)5(4-10)6(11)12/h5H,2-4H2,1H3,(H,11,12). The molecule has 1 atom stereocenters. The Morgan fingerprint density at radius 3 is 2.67 bits per heavy atom. The lowest BCUT2D eigenvalue weighted by molar-refractivity contribution is -0.165. The molecule has 0 saturated carbocycles. The van der Waals surface area contributed by atoms with Crippen molar-refractivity contribution in [3.8, 4) is 0 Å². The summed E-state index contributed by atoms with van der Waals surface area (Å²) in [6, 6.07) is 0. The number of nitrogens with zero attached hydrogens (tertiary/aromatic N) is 1. The van der Waals surface area contributed by atoms with E-state index in [1.807, 2.05) is 0 Å². The van der Waals surface area contributed by atoms with Crippen LogP contribution in [0.15, 0.2) is 0 Å². The third kappa shape index (κ3) is 1.72. The maximum absolute atomic E-state index is 12.9. The third-order valence-electron chi connectivity index (χ3n) is 2.13. The molecule has 1 fully saturated rings. The Balaban J connectivity index is 2.72. The number of carboxylic acid groups (broad SMARTS) is 1. The van der Waals surface area contributed by atoms with Gasteiger partial charge in [0.05, 0.1) is 0 Å².